The number of aryl methyl sites for hydroxylation is 1. The first kappa shape index (κ1) is 14.9. The van der Waals surface area contributed by atoms with Crippen molar-refractivity contribution in [2.24, 2.45) is 0 Å². The summed E-state index contributed by atoms with van der Waals surface area (Å²) in [6.45, 7) is 4.05. The maximum absolute atomic E-state index is 12.3. The second-order valence-electron chi connectivity index (χ2n) is 2.97. The fourth-order valence-corrected chi connectivity index (χ4v) is 1.18. The Morgan fingerprint density at radius 1 is 1.27 bits per heavy atom. The molecule has 1 rings (SSSR count). The van der Waals surface area contributed by atoms with E-state index >= 15 is 0 Å². The van der Waals surface area contributed by atoms with Gasteiger partial charge in [-0.1, -0.05) is 24.6 Å². The molecule has 1 aromatic rings. The van der Waals surface area contributed by atoms with Crippen LogP contribution in [0.5, 0.6) is 0 Å². The Kier molecular flexibility index (Phi) is 5.82. The van der Waals surface area contributed by atoms with Crippen LogP contribution < -0.4 is 0 Å². The minimum atomic E-state index is -4.27. The van der Waals surface area contributed by atoms with Gasteiger partial charge in [0, 0.05) is 32.7 Å². The quantitative estimate of drug-likeness (QED) is 0.781. The van der Waals surface area contributed by atoms with Crippen LogP contribution in [-0.4, -0.2) is 6.54 Å². The summed E-state index contributed by atoms with van der Waals surface area (Å²) in [5.41, 5.74) is 0.562. The van der Waals surface area contributed by atoms with Gasteiger partial charge in [0.05, 0.1) is 5.56 Å². The van der Waals surface area contributed by atoms with Crippen LogP contribution in [0.25, 0.3) is 5.32 Å². The van der Waals surface area contributed by atoms with Gasteiger partial charge in [-0.3, -0.25) is 0 Å². The molecule has 0 atom stereocenters. The van der Waals surface area contributed by atoms with Crippen molar-refractivity contribution in [3.8, 4) is 0 Å². The summed E-state index contributed by atoms with van der Waals surface area (Å²) in [5.74, 6) is 0. The van der Waals surface area contributed by atoms with E-state index in [1.807, 2.05) is 6.92 Å². The van der Waals surface area contributed by atoms with Crippen molar-refractivity contribution in [3.63, 3.8) is 0 Å². The molecule has 0 heterocycles. The summed E-state index contributed by atoms with van der Waals surface area (Å²) in [6, 6.07) is 3.58. The summed E-state index contributed by atoms with van der Waals surface area (Å²) in [7, 11) is 0. The van der Waals surface area contributed by atoms with Crippen molar-refractivity contribution in [1.29, 1.82) is 0 Å². The topological polar surface area (TPSA) is 14.1 Å². The van der Waals surface area contributed by atoms with Gasteiger partial charge in [0.15, 0.2) is 0 Å². The van der Waals surface area contributed by atoms with Crippen LogP contribution in [-0.2, 0) is 38.9 Å². The zero-order valence-electron chi connectivity index (χ0n) is 8.60. The molecule has 0 N–H and O–H groups in total. The first-order chi connectivity index (χ1) is 6.45. The van der Waals surface area contributed by atoms with Crippen molar-refractivity contribution < 1.29 is 45.9 Å². The van der Waals surface area contributed by atoms with E-state index in [-0.39, 0.29) is 32.7 Å². The summed E-state index contributed by atoms with van der Waals surface area (Å²) in [5, 5.41) is 4.06. The minimum absolute atomic E-state index is 0. The molecule has 0 bridgehead atoms. The molecule has 0 unspecified atom stereocenters. The third-order valence-corrected chi connectivity index (χ3v) is 1.85. The van der Waals surface area contributed by atoms with Gasteiger partial charge in [-0.05, 0) is 13.0 Å². The number of rotatable bonds is 2. The summed E-state index contributed by atoms with van der Waals surface area (Å²) < 4.78 is 36.8. The smallest absolute Gasteiger partial charge is 0.416 e. The molecule has 0 saturated carbocycles. The molecule has 81 valence electrons. The van der Waals surface area contributed by atoms with E-state index in [4.69, 9.17) is 0 Å². The van der Waals surface area contributed by atoms with E-state index < -0.39 is 11.7 Å². The fraction of sp³-hybridized carbons (Fsp3) is 0.400. The van der Waals surface area contributed by atoms with Crippen molar-refractivity contribution in [2.45, 2.75) is 20.0 Å². The fourth-order valence-electron chi connectivity index (χ4n) is 1.18. The first-order valence-electron chi connectivity index (χ1n) is 4.30. The molecule has 5 heteroatoms. The number of halogens is 3. The van der Waals surface area contributed by atoms with Gasteiger partial charge in [0.25, 0.3) is 0 Å². The molecule has 0 aliphatic heterocycles. The van der Waals surface area contributed by atoms with E-state index in [0.29, 0.717) is 17.8 Å². The van der Waals surface area contributed by atoms with Crippen molar-refractivity contribution in [1.82, 2.24) is 0 Å². The Hall–Kier alpha value is -0.0861. The maximum atomic E-state index is 12.3. The Morgan fingerprint density at radius 3 is 2.27 bits per heavy atom. The predicted molar refractivity (Wildman–Crippen MR) is 49.7 cm³/mol. The summed E-state index contributed by atoms with van der Waals surface area (Å²) in [4.78, 5) is 0. The van der Waals surface area contributed by atoms with Gasteiger partial charge < -0.3 is 5.32 Å². The number of hydrogen-bond donors (Lipinski definition) is 0. The maximum Gasteiger partial charge on any atom is 0.416 e. The third kappa shape index (κ3) is 4.11. The normalized spacial score (nSPS) is 10.7. The number of nitrogens with zero attached hydrogens (tertiary/aromatic N) is 1. The van der Waals surface area contributed by atoms with E-state index in [9.17, 15) is 13.2 Å². The van der Waals surface area contributed by atoms with Crippen LogP contribution in [0.2, 0.25) is 0 Å². The zero-order valence-corrected chi connectivity index (χ0v) is 11.4. The van der Waals surface area contributed by atoms with Crippen molar-refractivity contribution >= 4 is 5.69 Å². The summed E-state index contributed by atoms with van der Waals surface area (Å²) >= 11 is 0. The first-order valence-corrected chi connectivity index (χ1v) is 4.30. The molecule has 0 aliphatic carbocycles. The Morgan fingerprint density at radius 2 is 1.87 bits per heavy atom. The van der Waals surface area contributed by atoms with Gasteiger partial charge in [0.1, 0.15) is 0 Å². The average molecular weight is 291 g/mol. The monoisotopic (exact) mass is 291 g/mol. The molecule has 0 saturated heterocycles. The predicted octanol–water partition coefficient (Wildman–Crippen LogP) is 4.04. The largest absolute Gasteiger partial charge is 0.684 e. The number of hydrogen-bond acceptors (Lipinski definition) is 0. The van der Waals surface area contributed by atoms with Gasteiger partial charge in [-0.2, -0.15) is 13.2 Å². The Balaban J connectivity index is 0.00000196. The van der Waals surface area contributed by atoms with Crippen molar-refractivity contribution in [3.05, 3.63) is 34.6 Å². The molecule has 0 aliphatic rings. The molecule has 0 amide bonds. The van der Waals surface area contributed by atoms with E-state index in [1.165, 1.54) is 6.07 Å². The van der Waals surface area contributed by atoms with Gasteiger partial charge in [-0.25, -0.2) is 0 Å². The van der Waals surface area contributed by atoms with E-state index in [0.717, 1.165) is 12.1 Å². The average Bonchev–Trinajstić information content (AvgIpc) is 2.07. The van der Waals surface area contributed by atoms with Gasteiger partial charge >= 0.3 is 6.18 Å². The van der Waals surface area contributed by atoms with Crippen LogP contribution >= 0.6 is 0 Å². The number of alkyl halides is 3. The minimum Gasteiger partial charge on any atom is -0.684 e. The molecule has 1 radical (unpaired) electrons. The van der Waals surface area contributed by atoms with Crippen LogP contribution in [0.1, 0.15) is 18.1 Å². The number of benzene rings is 1. The van der Waals surface area contributed by atoms with Crippen LogP contribution in [0, 0.1) is 6.92 Å². The van der Waals surface area contributed by atoms with E-state index in [1.54, 1.807) is 6.92 Å². The standard InChI is InChI=1S/C10H11F3N.Y/c1-3-14-9-5-4-8(6-7(9)2)10(11,12)13;/h4-6H,3H2,1-2H3;/q-1;. The molecule has 0 fully saturated rings. The molecule has 15 heavy (non-hydrogen) atoms. The van der Waals surface area contributed by atoms with Gasteiger partial charge in [0.2, 0.25) is 0 Å². The van der Waals surface area contributed by atoms with Crippen LogP contribution in [0.15, 0.2) is 18.2 Å². The van der Waals surface area contributed by atoms with E-state index in [2.05, 4.69) is 5.32 Å². The molecular formula is C10H11F3NY-. The molecule has 1 aromatic carbocycles. The van der Waals surface area contributed by atoms with Gasteiger partial charge in [-0.15, -0.1) is 12.2 Å². The molecular weight excluding hydrogens is 280 g/mol. The summed E-state index contributed by atoms with van der Waals surface area (Å²) in [6.07, 6.45) is -4.27. The van der Waals surface area contributed by atoms with Crippen molar-refractivity contribution in [2.75, 3.05) is 6.54 Å². The Bertz CT molecular complexity index is 323. The zero-order chi connectivity index (χ0) is 10.8. The molecule has 0 spiro atoms. The second-order valence-corrected chi connectivity index (χ2v) is 2.97. The SMILES string of the molecule is CC[N-]c1ccc(C(F)(F)F)cc1C.[Y]. The molecule has 1 nitrogen and oxygen atoms in total. The van der Waals surface area contributed by atoms with Crippen LogP contribution in [0.3, 0.4) is 0 Å². The Labute approximate surface area is 112 Å². The molecule has 0 aromatic heterocycles. The third-order valence-electron chi connectivity index (χ3n) is 1.85. The second kappa shape index (κ2) is 5.85. The van der Waals surface area contributed by atoms with Crippen LogP contribution in [0.4, 0.5) is 18.9 Å².